The molecule has 0 fully saturated rings. The molecule has 6 nitrogen and oxygen atoms in total. The largest absolute Gasteiger partial charge is 0.288 e. The standard InChI is InChI=1S/C12H10ClN3O3/c1-7-10(12(13)15(2)14-7)11(17)8-5-3-4-6-9(8)16(18)19/h3-6H,1-2H3. The Morgan fingerprint density at radius 1 is 1.42 bits per heavy atom. The van der Waals surface area contributed by atoms with Gasteiger partial charge in [0.2, 0.25) is 5.78 Å². The van der Waals surface area contributed by atoms with E-state index in [2.05, 4.69) is 5.10 Å². The maximum Gasteiger partial charge on any atom is 0.280 e. The van der Waals surface area contributed by atoms with E-state index in [1.54, 1.807) is 20.0 Å². The molecular formula is C12H10ClN3O3. The topological polar surface area (TPSA) is 78.0 Å². The van der Waals surface area contributed by atoms with Crippen LogP contribution in [-0.2, 0) is 7.05 Å². The normalized spacial score (nSPS) is 10.5. The Morgan fingerprint density at radius 2 is 2.05 bits per heavy atom. The molecule has 2 aromatic rings. The van der Waals surface area contributed by atoms with E-state index in [4.69, 9.17) is 11.6 Å². The highest BCUT2D eigenvalue weighted by molar-refractivity contribution is 6.34. The first-order valence-corrected chi connectivity index (χ1v) is 5.78. The minimum absolute atomic E-state index is 0.00509. The van der Waals surface area contributed by atoms with Crippen LogP contribution in [0.15, 0.2) is 24.3 Å². The van der Waals surface area contributed by atoms with Crippen molar-refractivity contribution in [1.29, 1.82) is 0 Å². The van der Waals surface area contributed by atoms with Gasteiger partial charge in [0.1, 0.15) is 10.7 Å². The minimum Gasteiger partial charge on any atom is -0.288 e. The van der Waals surface area contributed by atoms with Gasteiger partial charge in [-0.15, -0.1) is 0 Å². The Bertz CT molecular complexity index is 679. The number of carbonyl (C=O) groups is 1. The fraction of sp³-hybridized carbons (Fsp3) is 0.167. The summed E-state index contributed by atoms with van der Waals surface area (Å²) in [4.78, 5) is 22.7. The van der Waals surface area contributed by atoms with Crippen molar-refractivity contribution in [2.75, 3.05) is 0 Å². The lowest BCUT2D eigenvalue weighted by Gasteiger charge is -2.02. The van der Waals surface area contributed by atoms with E-state index in [1.807, 2.05) is 0 Å². The number of nitro benzene ring substituents is 1. The second kappa shape index (κ2) is 4.81. The molecule has 7 heteroatoms. The van der Waals surface area contributed by atoms with Crippen molar-refractivity contribution in [1.82, 2.24) is 9.78 Å². The number of ketones is 1. The lowest BCUT2D eigenvalue weighted by atomic mass is 10.0. The molecule has 0 aliphatic carbocycles. The van der Waals surface area contributed by atoms with E-state index in [0.29, 0.717) is 5.69 Å². The Balaban J connectivity index is 2.60. The average Bonchev–Trinajstić information content (AvgIpc) is 2.62. The number of nitrogens with zero attached hydrogens (tertiary/aromatic N) is 3. The fourth-order valence-corrected chi connectivity index (χ4v) is 2.11. The zero-order valence-electron chi connectivity index (χ0n) is 10.3. The van der Waals surface area contributed by atoms with Gasteiger partial charge in [0.15, 0.2) is 0 Å². The molecule has 0 aliphatic heterocycles. The first-order chi connectivity index (χ1) is 8.93. The van der Waals surface area contributed by atoms with Crippen LogP contribution >= 0.6 is 11.6 Å². The van der Waals surface area contributed by atoms with Crippen LogP contribution < -0.4 is 0 Å². The molecule has 1 heterocycles. The van der Waals surface area contributed by atoms with Crippen molar-refractivity contribution < 1.29 is 9.72 Å². The molecule has 0 spiro atoms. The molecule has 0 radical (unpaired) electrons. The van der Waals surface area contributed by atoms with E-state index in [9.17, 15) is 14.9 Å². The van der Waals surface area contributed by atoms with Gasteiger partial charge in [-0.2, -0.15) is 5.10 Å². The van der Waals surface area contributed by atoms with Crippen LogP contribution in [0.4, 0.5) is 5.69 Å². The number of benzene rings is 1. The van der Waals surface area contributed by atoms with Crippen molar-refractivity contribution >= 4 is 23.1 Å². The van der Waals surface area contributed by atoms with Crippen LogP contribution in [0, 0.1) is 17.0 Å². The van der Waals surface area contributed by atoms with Crippen molar-refractivity contribution in [3.63, 3.8) is 0 Å². The third-order valence-corrected chi connectivity index (χ3v) is 3.16. The van der Waals surface area contributed by atoms with Gasteiger partial charge in [-0.25, -0.2) is 0 Å². The molecule has 0 saturated heterocycles. The van der Waals surface area contributed by atoms with E-state index in [1.165, 1.54) is 22.9 Å². The predicted octanol–water partition coefficient (Wildman–Crippen LogP) is 2.52. The highest BCUT2D eigenvalue weighted by atomic mass is 35.5. The zero-order valence-corrected chi connectivity index (χ0v) is 11.0. The van der Waals surface area contributed by atoms with Crippen LogP contribution in [-0.4, -0.2) is 20.5 Å². The number of para-hydroxylation sites is 1. The van der Waals surface area contributed by atoms with Gasteiger partial charge < -0.3 is 0 Å². The predicted molar refractivity (Wildman–Crippen MR) is 69.5 cm³/mol. The Hall–Kier alpha value is -2.21. The number of hydrogen-bond donors (Lipinski definition) is 0. The van der Waals surface area contributed by atoms with Crippen LogP contribution in [0.1, 0.15) is 21.6 Å². The number of rotatable bonds is 3. The van der Waals surface area contributed by atoms with Crippen molar-refractivity contribution in [3.8, 4) is 0 Å². The third kappa shape index (κ3) is 2.22. The van der Waals surface area contributed by atoms with Crippen LogP contribution in [0.2, 0.25) is 5.15 Å². The molecule has 0 bridgehead atoms. The Kier molecular flexibility index (Phi) is 3.35. The molecule has 0 unspecified atom stereocenters. The SMILES string of the molecule is Cc1nn(C)c(Cl)c1C(=O)c1ccccc1[N+](=O)[O-]. The third-order valence-electron chi connectivity index (χ3n) is 2.72. The number of carbonyl (C=O) groups excluding carboxylic acids is 1. The summed E-state index contributed by atoms with van der Waals surface area (Å²) in [5.41, 5.74) is 0.395. The van der Waals surface area contributed by atoms with Gasteiger partial charge >= 0.3 is 0 Å². The molecule has 0 aliphatic rings. The fourth-order valence-electron chi connectivity index (χ4n) is 1.85. The van der Waals surface area contributed by atoms with Gasteiger partial charge in [-0.05, 0) is 13.0 Å². The maximum absolute atomic E-state index is 12.4. The number of nitro groups is 1. The van der Waals surface area contributed by atoms with Crippen LogP contribution in [0.25, 0.3) is 0 Å². The molecule has 0 amide bonds. The van der Waals surface area contributed by atoms with E-state index in [0.717, 1.165) is 0 Å². The molecule has 19 heavy (non-hydrogen) atoms. The van der Waals surface area contributed by atoms with Crippen molar-refractivity contribution in [2.45, 2.75) is 6.92 Å². The number of halogens is 1. The summed E-state index contributed by atoms with van der Waals surface area (Å²) in [7, 11) is 1.60. The molecule has 0 saturated carbocycles. The Morgan fingerprint density at radius 3 is 2.58 bits per heavy atom. The summed E-state index contributed by atoms with van der Waals surface area (Å²) in [5.74, 6) is -0.497. The molecule has 0 atom stereocenters. The van der Waals surface area contributed by atoms with E-state index >= 15 is 0 Å². The first kappa shape index (κ1) is 13.2. The van der Waals surface area contributed by atoms with Gasteiger partial charge in [-0.3, -0.25) is 19.6 Å². The Labute approximate surface area is 113 Å². The summed E-state index contributed by atoms with van der Waals surface area (Å²) in [6.07, 6.45) is 0. The monoisotopic (exact) mass is 279 g/mol. The van der Waals surface area contributed by atoms with Crippen molar-refractivity contribution in [3.05, 3.63) is 56.4 Å². The maximum atomic E-state index is 12.4. The molecule has 1 aromatic heterocycles. The van der Waals surface area contributed by atoms with Crippen LogP contribution in [0.5, 0.6) is 0 Å². The average molecular weight is 280 g/mol. The molecule has 1 aromatic carbocycles. The molecular weight excluding hydrogens is 270 g/mol. The van der Waals surface area contributed by atoms with Crippen LogP contribution in [0.3, 0.4) is 0 Å². The minimum atomic E-state index is -0.590. The van der Waals surface area contributed by atoms with Gasteiger partial charge in [0, 0.05) is 13.1 Å². The summed E-state index contributed by atoms with van der Waals surface area (Å²) < 4.78 is 1.36. The second-order valence-corrected chi connectivity index (χ2v) is 4.34. The summed E-state index contributed by atoms with van der Waals surface area (Å²) in [6.45, 7) is 1.63. The molecule has 2 rings (SSSR count). The van der Waals surface area contributed by atoms with Gasteiger partial charge in [-0.1, -0.05) is 23.7 Å². The second-order valence-electron chi connectivity index (χ2n) is 3.98. The highest BCUT2D eigenvalue weighted by Crippen LogP contribution is 2.26. The zero-order chi connectivity index (χ0) is 14.2. The van der Waals surface area contributed by atoms with E-state index < -0.39 is 10.7 Å². The number of aromatic nitrogens is 2. The lowest BCUT2D eigenvalue weighted by Crippen LogP contribution is -2.06. The van der Waals surface area contributed by atoms with Crippen molar-refractivity contribution in [2.24, 2.45) is 7.05 Å². The first-order valence-electron chi connectivity index (χ1n) is 5.40. The number of aryl methyl sites for hydroxylation is 2. The highest BCUT2D eigenvalue weighted by Gasteiger charge is 2.26. The van der Waals surface area contributed by atoms with E-state index in [-0.39, 0.29) is 22.0 Å². The van der Waals surface area contributed by atoms with Gasteiger partial charge in [0.25, 0.3) is 5.69 Å². The molecule has 0 N–H and O–H groups in total. The smallest absolute Gasteiger partial charge is 0.280 e. The summed E-state index contributed by atoms with van der Waals surface area (Å²) >= 11 is 6.00. The summed E-state index contributed by atoms with van der Waals surface area (Å²) in [6, 6.07) is 5.77. The van der Waals surface area contributed by atoms with Gasteiger partial charge in [0.05, 0.1) is 16.2 Å². The number of hydrogen-bond acceptors (Lipinski definition) is 4. The quantitative estimate of drug-likeness (QED) is 0.491. The lowest BCUT2D eigenvalue weighted by molar-refractivity contribution is -0.385. The molecule has 98 valence electrons. The summed E-state index contributed by atoms with van der Waals surface area (Å²) in [5, 5.41) is 15.1.